The summed E-state index contributed by atoms with van der Waals surface area (Å²) in [7, 11) is 0. The zero-order valence-electron chi connectivity index (χ0n) is 8.12. The fourth-order valence-electron chi connectivity index (χ4n) is 1.08. The van der Waals surface area contributed by atoms with Crippen molar-refractivity contribution in [2.75, 3.05) is 13.2 Å². The molecule has 0 aromatic heterocycles. The maximum atomic E-state index is 10.7. The molecule has 1 atom stereocenters. The fourth-order valence-corrected chi connectivity index (χ4v) is 1.08. The second kappa shape index (κ2) is 8.01. The van der Waals surface area contributed by atoms with E-state index in [4.69, 9.17) is 10.2 Å². The van der Waals surface area contributed by atoms with Crippen LogP contribution in [-0.4, -0.2) is 35.4 Å². The molecular weight excluding hydrogens is 170 g/mol. The summed E-state index contributed by atoms with van der Waals surface area (Å²) in [5.74, 6) is -0.800. The van der Waals surface area contributed by atoms with E-state index in [1.165, 1.54) is 0 Å². The molecule has 0 aliphatic carbocycles. The third kappa shape index (κ3) is 6.54. The lowest BCUT2D eigenvalue weighted by Gasteiger charge is -2.12. The van der Waals surface area contributed by atoms with Crippen molar-refractivity contribution in [2.24, 2.45) is 0 Å². The molecule has 0 aromatic rings. The van der Waals surface area contributed by atoms with Crippen LogP contribution in [0.15, 0.2) is 0 Å². The molecule has 0 aromatic carbocycles. The first-order chi connectivity index (χ1) is 6.22. The number of aliphatic hydroxyl groups is 1. The number of aliphatic carboxylic acids is 1. The van der Waals surface area contributed by atoms with Gasteiger partial charge in [0.1, 0.15) is 6.04 Å². The molecule has 13 heavy (non-hydrogen) atoms. The topological polar surface area (TPSA) is 69.6 Å². The van der Waals surface area contributed by atoms with Crippen molar-refractivity contribution >= 4 is 5.97 Å². The zero-order valence-corrected chi connectivity index (χ0v) is 8.12. The lowest BCUT2D eigenvalue weighted by atomic mass is 10.1. The van der Waals surface area contributed by atoms with Crippen LogP contribution in [-0.2, 0) is 4.79 Å². The second-order valence-corrected chi connectivity index (χ2v) is 3.06. The molecule has 1 unspecified atom stereocenters. The van der Waals surface area contributed by atoms with Crippen LogP contribution >= 0.6 is 0 Å². The Morgan fingerprint density at radius 1 is 1.46 bits per heavy atom. The Kier molecular flexibility index (Phi) is 7.63. The highest BCUT2D eigenvalue weighted by Gasteiger charge is 2.14. The highest BCUT2D eigenvalue weighted by Crippen LogP contribution is 2.00. The molecule has 0 heterocycles. The van der Waals surface area contributed by atoms with Gasteiger partial charge < -0.3 is 15.5 Å². The van der Waals surface area contributed by atoms with Gasteiger partial charge in [-0.05, 0) is 19.4 Å². The van der Waals surface area contributed by atoms with Crippen LogP contribution < -0.4 is 5.32 Å². The van der Waals surface area contributed by atoms with E-state index in [0.29, 0.717) is 19.4 Å². The highest BCUT2D eigenvalue weighted by atomic mass is 16.4. The van der Waals surface area contributed by atoms with Crippen LogP contribution in [0.2, 0.25) is 0 Å². The molecule has 78 valence electrons. The summed E-state index contributed by atoms with van der Waals surface area (Å²) in [6.45, 7) is 2.71. The van der Waals surface area contributed by atoms with Gasteiger partial charge in [0.15, 0.2) is 0 Å². The van der Waals surface area contributed by atoms with Gasteiger partial charge in [-0.3, -0.25) is 4.79 Å². The molecule has 0 amide bonds. The number of nitrogens with one attached hydrogen (secondary N) is 1. The Morgan fingerprint density at radius 2 is 2.15 bits per heavy atom. The molecule has 0 saturated heterocycles. The van der Waals surface area contributed by atoms with E-state index in [1.54, 1.807) is 0 Å². The Labute approximate surface area is 79.0 Å². The average Bonchev–Trinajstić information content (AvgIpc) is 2.10. The first kappa shape index (κ1) is 12.4. The van der Waals surface area contributed by atoms with E-state index in [0.717, 1.165) is 12.8 Å². The van der Waals surface area contributed by atoms with Gasteiger partial charge in [0.25, 0.3) is 0 Å². The van der Waals surface area contributed by atoms with Gasteiger partial charge in [0.2, 0.25) is 0 Å². The number of hydrogen-bond acceptors (Lipinski definition) is 3. The number of unbranched alkanes of at least 4 members (excludes halogenated alkanes) is 1. The summed E-state index contributed by atoms with van der Waals surface area (Å²) in [6, 6.07) is -0.452. The lowest BCUT2D eigenvalue weighted by Crippen LogP contribution is -2.37. The van der Waals surface area contributed by atoms with Crippen molar-refractivity contribution in [3.63, 3.8) is 0 Å². The highest BCUT2D eigenvalue weighted by molar-refractivity contribution is 5.73. The SMILES string of the molecule is CCCCC(NCCCO)C(=O)O. The molecule has 0 aliphatic rings. The predicted octanol–water partition coefficient (Wildman–Crippen LogP) is 0.602. The van der Waals surface area contributed by atoms with Crippen LogP contribution in [0, 0.1) is 0 Å². The Balaban J connectivity index is 3.61. The standard InChI is InChI=1S/C9H19NO3/c1-2-3-5-8(9(12)13)10-6-4-7-11/h8,10-11H,2-7H2,1H3,(H,12,13). The Hall–Kier alpha value is -0.610. The van der Waals surface area contributed by atoms with E-state index in [1.807, 2.05) is 6.92 Å². The second-order valence-electron chi connectivity index (χ2n) is 3.06. The number of hydrogen-bond donors (Lipinski definition) is 3. The van der Waals surface area contributed by atoms with E-state index in [9.17, 15) is 4.79 Å². The third-order valence-electron chi connectivity index (χ3n) is 1.87. The average molecular weight is 189 g/mol. The molecule has 3 N–H and O–H groups in total. The number of aliphatic hydroxyl groups excluding tert-OH is 1. The number of carboxylic acids is 1. The van der Waals surface area contributed by atoms with Crippen molar-refractivity contribution in [1.29, 1.82) is 0 Å². The fraction of sp³-hybridized carbons (Fsp3) is 0.889. The summed E-state index contributed by atoms with van der Waals surface area (Å²) in [4.78, 5) is 10.7. The van der Waals surface area contributed by atoms with Gasteiger partial charge in [-0.2, -0.15) is 0 Å². The number of carbonyl (C=O) groups is 1. The number of rotatable bonds is 8. The van der Waals surface area contributed by atoms with Crippen molar-refractivity contribution in [2.45, 2.75) is 38.6 Å². The minimum atomic E-state index is -0.800. The van der Waals surface area contributed by atoms with E-state index in [2.05, 4.69) is 5.32 Å². The molecule has 0 fully saturated rings. The zero-order chi connectivity index (χ0) is 10.1. The van der Waals surface area contributed by atoms with Crippen molar-refractivity contribution in [3.8, 4) is 0 Å². The molecule has 0 aliphatic heterocycles. The predicted molar refractivity (Wildman–Crippen MR) is 50.7 cm³/mol. The first-order valence-corrected chi connectivity index (χ1v) is 4.79. The van der Waals surface area contributed by atoms with Crippen LogP contribution in [0.1, 0.15) is 32.6 Å². The third-order valence-corrected chi connectivity index (χ3v) is 1.87. The van der Waals surface area contributed by atoms with Crippen molar-refractivity contribution in [1.82, 2.24) is 5.32 Å². The molecule has 4 nitrogen and oxygen atoms in total. The molecule has 0 bridgehead atoms. The van der Waals surface area contributed by atoms with Crippen molar-refractivity contribution in [3.05, 3.63) is 0 Å². The van der Waals surface area contributed by atoms with Crippen LogP contribution in [0.4, 0.5) is 0 Å². The molecule has 0 saturated carbocycles. The van der Waals surface area contributed by atoms with Crippen LogP contribution in [0.5, 0.6) is 0 Å². The van der Waals surface area contributed by atoms with Gasteiger partial charge in [0, 0.05) is 6.61 Å². The lowest BCUT2D eigenvalue weighted by molar-refractivity contribution is -0.139. The normalized spacial score (nSPS) is 12.8. The van der Waals surface area contributed by atoms with Crippen LogP contribution in [0.25, 0.3) is 0 Å². The summed E-state index contributed by atoms with van der Waals surface area (Å²) in [5.41, 5.74) is 0. The monoisotopic (exact) mass is 189 g/mol. The first-order valence-electron chi connectivity index (χ1n) is 4.79. The maximum Gasteiger partial charge on any atom is 0.320 e. The molecule has 0 rings (SSSR count). The summed E-state index contributed by atoms with van der Waals surface area (Å²) in [6.07, 6.45) is 3.20. The van der Waals surface area contributed by atoms with E-state index < -0.39 is 12.0 Å². The van der Waals surface area contributed by atoms with Gasteiger partial charge in [-0.1, -0.05) is 19.8 Å². The van der Waals surface area contributed by atoms with Gasteiger partial charge in [0.05, 0.1) is 0 Å². The number of carboxylic acid groups (broad SMARTS) is 1. The largest absolute Gasteiger partial charge is 0.480 e. The van der Waals surface area contributed by atoms with Gasteiger partial charge in [-0.15, -0.1) is 0 Å². The Bertz CT molecular complexity index is 139. The molecule has 4 heteroatoms. The summed E-state index contributed by atoms with van der Waals surface area (Å²) >= 11 is 0. The summed E-state index contributed by atoms with van der Waals surface area (Å²) < 4.78 is 0. The quantitative estimate of drug-likeness (QED) is 0.489. The van der Waals surface area contributed by atoms with E-state index >= 15 is 0 Å². The Morgan fingerprint density at radius 3 is 2.62 bits per heavy atom. The minimum absolute atomic E-state index is 0.104. The summed E-state index contributed by atoms with van der Waals surface area (Å²) in [5, 5.41) is 20.2. The maximum absolute atomic E-state index is 10.7. The molecule has 0 radical (unpaired) electrons. The smallest absolute Gasteiger partial charge is 0.320 e. The van der Waals surface area contributed by atoms with Crippen LogP contribution in [0.3, 0.4) is 0 Å². The minimum Gasteiger partial charge on any atom is -0.480 e. The molecular formula is C9H19NO3. The molecule has 0 spiro atoms. The van der Waals surface area contributed by atoms with Gasteiger partial charge >= 0.3 is 5.97 Å². The van der Waals surface area contributed by atoms with Gasteiger partial charge in [-0.25, -0.2) is 0 Å². The van der Waals surface area contributed by atoms with E-state index in [-0.39, 0.29) is 6.61 Å². The van der Waals surface area contributed by atoms with Crippen molar-refractivity contribution < 1.29 is 15.0 Å².